The van der Waals surface area contributed by atoms with Gasteiger partial charge in [0.1, 0.15) is 0 Å². The summed E-state index contributed by atoms with van der Waals surface area (Å²) in [5.74, 6) is 1.82. The molecule has 1 aromatic rings. The van der Waals surface area contributed by atoms with E-state index in [2.05, 4.69) is 34.5 Å². The van der Waals surface area contributed by atoms with Crippen LogP contribution in [0, 0.1) is 11.8 Å². The maximum absolute atomic E-state index is 3.49. The maximum atomic E-state index is 3.49. The number of fused-ring (bicyclic) bond motifs is 3. The first kappa shape index (κ1) is 11.9. The van der Waals surface area contributed by atoms with Crippen LogP contribution in [0.1, 0.15) is 24.0 Å². The van der Waals surface area contributed by atoms with Crippen LogP contribution in [-0.4, -0.2) is 37.1 Å². The molecule has 0 spiro atoms. The summed E-state index contributed by atoms with van der Waals surface area (Å²) in [6.07, 6.45) is 5.55. The van der Waals surface area contributed by atoms with Crippen LogP contribution in [0.5, 0.6) is 0 Å². The van der Waals surface area contributed by atoms with Gasteiger partial charge in [-0.1, -0.05) is 24.3 Å². The van der Waals surface area contributed by atoms with Gasteiger partial charge in [-0.25, -0.2) is 0 Å². The van der Waals surface area contributed by atoms with Crippen molar-refractivity contribution < 1.29 is 0 Å². The Morgan fingerprint density at radius 3 is 2.05 bits per heavy atom. The van der Waals surface area contributed by atoms with Crippen molar-refractivity contribution in [3.63, 3.8) is 0 Å². The predicted molar refractivity (Wildman–Crippen MR) is 78.3 cm³/mol. The molecule has 2 fully saturated rings. The molecule has 2 atom stereocenters. The standard InChI is InChI=1S/C17H24N2/c1-2-4-14-12-16-6-5-15(11-13(14)3-1)17(16)19-9-7-18-8-10-19/h1-4,15-18H,5-12H2. The Morgan fingerprint density at radius 1 is 0.895 bits per heavy atom. The first-order chi connectivity index (χ1) is 9.42. The molecule has 0 amide bonds. The zero-order valence-electron chi connectivity index (χ0n) is 11.6. The van der Waals surface area contributed by atoms with Gasteiger partial charge < -0.3 is 5.32 Å². The lowest BCUT2D eigenvalue weighted by atomic mass is 9.93. The zero-order chi connectivity index (χ0) is 12.7. The van der Waals surface area contributed by atoms with Crippen molar-refractivity contribution >= 4 is 0 Å². The molecule has 1 aliphatic heterocycles. The van der Waals surface area contributed by atoms with Gasteiger partial charge in [0.05, 0.1) is 0 Å². The first-order valence-corrected chi connectivity index (χ1v) is 7.93. The van der Waals surface area contributed by atoms with Crippen LogP contribution in [0.2, 0.25) is 0 Å². The number of nitrogens with zero attached hydrogens (tertiary/aromatic N) is 1. The summed E-state index contributed by atoms with van der Waals surface area (Å²) in [6.45, 7) is 4.88. The minimum absolute atomic E-state index is 0.856. The fourth-order valence-corrected chi connectivity index (χ4v) is 4.70. The number of hydrogen-bond donors (Lipinski definition) is 1. The number of rotatable bonds is 1. The molecule has 1 heterocycles. The zero-order valence-corrected chi connectivity index (χ0v) is 11.6. The summed E-state index contributed by atoms with van der Waals surface area (Å²) in [4.78, 5) is 2.80. The van der Waals surface area contributed by atoms with E-state index in [9.17, 15) is 0 Å². The lowest BCUT2D eigenvalue weighted by molar-refractivity contribution is 0.112. The molecule has 3 aliphatic rings. The highest BCUT2D eigenvalue weighted by atomic mass is 15.2. The van der Waals surface area contributed by atoms with Crippen LogP contribution in [0.15, 0.2) is 24.3 Å². The third-order valence-electron chi connectivity index (χ3n) is 5.53. The quantitative estimate of drug-likeness (QED) is 0.827. The van der Waals surface area contributed by atoms with E-state index < -0.39 is 0 Å². The number of hydrogen-bond acceptors (Lipinski definition) is 2. The molecule has 2 heteroatoms. The number of piperazine rings is 1. The molecule has 1 N–H and O–H groups in total. The third kappa shape index (κ3) is 2.11. The van der Waals surface area contributed by atoms with Crippen molar-refractivity contribution in [3.8, 4) is 0 Å². The SMILES string of the molecule is c1ccc2c(c1)CC1CCC(C2)C1N1CCNCC1. The molecule has 1 saturated carbocycles. The summed E-state index contributed by atoms with van der Waals surface area (Å²) >= 11 is 0. The Bertz CT molecular complexity index is 417. The van der Waals surface area contributed by atoms with Gasteiger partial charge in [-0.05, 0) is 48.6 Å². The highest BCUT2D eigenvalue weighted by molar-refractivity contribution is 5.30. The molecule has 1 saturated heterocycles. The average Bonchev–Trinajstić information content (AvgIpc) is 2.75. The minimum atomic E-state index is 0.856. The first-order valence-electron chi connectivity index (χ1n) is 7.93. The maximum Gasteiger partial charge on any atom is 0.0159 e. The molecule has 0 radical (unpaired) electrons. The van der Waals surface area contributed by atoms with E-state index in [1.807, 2.05) is 0 Å². The molecule has 2 bridgehead atoms. The molecule has 1 aromatic carbocycles. The van der Waals surface area contributed by atoms with E-state index in [1.165, 1.54) is 51.9 Å². The van der Waals surface area contributed by atoms with Crippen LogP contribution >= 0.6 is 0 Å². The Balaban J connectivity index is 1.62. The van der Waals surface area contributed by atoms with Gasteiger partial charge in [0.2, 0.25) is 0 Å². The van der Waals surface area contributed by atoms with E-state index in [1.54, 1.807) is 11.1 Å². The van der Waals surface area contributed by atoms with Gasteiger partial charge in [-0.15, -0.1) is 0 Å². The van der Waals surface area contributed by atoms with Crippen molar-refractivity contribution in [2.24, 2.45) is 11.8 Å². The molecule has 2 unspecified atom stereocenters. The van der Waals surface area contributed by atoms with E-state index in [0.717, 1.165) is 17.9 Å². The monoisotopic (exact) mass is 256 g/mol. The number of benzene rings is 1. The van der Waals surface area contributed by atoms with Crippen molar-refractivity contribution in [1.29, 1.82) is 0 Å². The van der Waals surface area contributed by atoms with Gasteiger partial charge >= 0.3 is 0 Å². The fourth-order valence-electron chi connectivity index (χ4n) is 4.70. The predicted octanol–water partition coefficient (Wildman–Crippen LogP) is 2.09. The second-order valence-electron chi connectivity index (χ2n) is 6.55. The fraction of sp³-hybridized carbons (Fsp3) is 0.647. The molecule has 4 rings (SSSR count). The van der Waals surface area contributed by atoms with Crippen molar-refractivity contribution in [3.05, 3.63) is 35.4 Å². The molecule has 2 aliphatic carbocycles. The Morgan fingerprint density at radius 2 is 1.47 bits per heavy atom. The van der Waals surface area contributed by atoms with E-state index >= 15 is 0 Å². The lowest BCUT2D eigenvalue weighted by Crippen LogP contribution is -2.51. The minimum Gasteiger partial charge on any atom is -0.314 e. The summed E-state index contributed by atoms with van der Waals surface area (Å²) in [7, 11) is 0. The van der Waals surface area contributed by atoms with Gasteiger partial charge in [0, 0.05) is 32.2 Å². The second-order valence-corrected chi connectivity index (χ2v) is 6.55. The highest BCUT2D eigenvalue weighted by Crippen LogP contribution is 2.42. The van der Waals surface area contributed by atoms with Crippen molar-refractivity contribution in [2.45, 2.75) is 31.7 Å². The molecular weight excluding hydrogens is 232 g/mol. The van der Waals surface area contributed by atoms with Crippen LogP contribution < -0.4 is 5.32 Å². The van der Waals surface area contributed by atoms with Gasteiger partial charge in [-0.2, -0.15) is 0 Å². The Kier molecular flexibility index (Phi) is 3.08. The highest BCUT2D eigenvalue weighted by Gasteiger charge is 2.42. The summed E-state index contributed by atoms with van der Waals surface area (Å²) in [6, 6.07) is 10.0. The Labute approximate surface area is 116 Å². The van der Waals surface area contributed by atoms with Crippen LogP contribution in [-0.2, 0) is 12.8 Å². The second kappa shape index (κ2) is 4.92. The summed E-state index contributed by atoms with van der Waals surface area (Å²) in [5, 5.41) is 3.49. The van der Waals surface area contributed by atoms with E-state index in [4.69, 9.17) is 0 Å². The number of nitrogens with one attached hydrogen (secondary N) is 1. The largest absolute Gasteiger partial charge is 0.314 e. The average molecular weight is 256 g/mol. The van der Waals surface area contributed by atoms with Gasteiger partial charge in [-0.3, -0.25) is 4.90 Å². The van der Waals surface area contributed by atoms with Crippen molar-refractivity contribution in [2.75, 3.05) is 26.2 Å². The summed E-state index contributed by atoms with van der Waals surface area (Å²) < 4.78 is 0. The molecule has 19 heavy (non-hydrogen) atoms. The molecular formula is C17H24N2. The lowest BCUT2D eigenvalue weighted by Gasteiger charge is -2.38. The van der Waals surface area contributed by atoms with Crippen LogP contribution in [0.4, 0.5) is 0 Å². The van der Waals surface area contributed by atoms with Crippen molar-refractivity contribution in [1.82, 2.24) is 10.2 Å². The van der Waals surface area contributed by atoms with E-state index in [0.29, 0.717) is 0 Å². The topological polar surface area (TPSA) is 15.3 Å². The Hall–Kier alpha value is -0.860. The third-order valence-corrected chi connectivity index (χ3v) is 5.53. The molecule has 102 valence electrons. The van der Waals surface area contributed by atoms with Crippen LogP contribution in [0.25, 0.3) is 0 Å². The normalized spacial score (nSPS) is 34.8. The van der Waals surface area contributed by atoms with Crippen LogP contribution in [0.3, 0.4) is 0 Å². The smallest absolute Gasteiger partial charge is 0.0159 e. The van der Waals surface area contributed by atoms with Gasteiger partial charge in [0.15, 0.2) is 0 Å². The molecule has 0 aromatic heterocycles. The molecule has 2 nitrogen and oxygen atoms in total. The van der Waals surface area contributed by atoms with E-state index in [-0.39, 0.29) is 0 Å². The van der Waals surface area contributed by atoms with Gasteiger partial charge in [0.25, 0.3) is 0 Å². The summed E-state index contributed by atoms with van der Waals surface area (Å²) in [5.41, 5.74) is 3.27.